The highest BCUT2D eigenvalue weighted by atomic mass is 19.1. The number of anilines is 2. The van der Waals surface area contributed by atoms with E-state index in [-0.39, 0.29) is 11.5 Å². The van der Waals surface area contributed by atoms with E-state index in [1.165, 1.54) is 6.07 Å². The minimum absolute atomic E-state index is 0.197. The van der Waals surface area contributed by atoms with Gasteiger partial charge in [-0.1, -0.05) is 6.07 Å². The molecule has 0 heterocycles. The van der Waals surface area contributed by atoms with Gasteiger partial charge in [-0.3, -0.25) is 0 Å². The van der Waals surface area contributed by atoms with Crippen molar-refractivity contribution < 1.29 is 9.13 Å². The highest BCUT2D eigenvalue weighted by Gasteiger charge is 2.29. The van der Waals surface area contributed by atoms with Gasteiger partial charge in [-0.2, -0.15) is 0 Å². The number of hydrogen-bond donors (Lipinski definition) is 2. The maximum absolute atomic E-state index is 13.2. The number of nitrogens with one attached hydrogen (secondary N) is 1. The van der Waals surface area contributed by atoms with Crippen molar-refractivity contribution in [1.82, 2.24) is 0 Å². The van der Waals surface area contributed by atoms with Gasteiger partial charge < -0.3 is 15.8 Å². The zero-order chi connectivity index (χ0) is 11.5. The second kappa shape index (κ2) is 4.70. The molecule has 0 radical (unpaired) electrons. The second-order valence-corrected chi connectivity index (χ2v) is 4.09. The lowest BCUT2D eigenvalue weighted by Crippen LogP contribution is -2.41. The molecule has 3 N–H and O–H groups in total. The van der Waals surface area contributed by atoms with Crippen LogP contribution in [0.5, 0.6) is 0 Å². The molecule has 1 fully saturated rings. The van der Waals surface area contributed by atoms with Gasteiger partial charge in [-0.05, 0) is 31.9 Å². The van der Waals surface area contributed by atoms with Crippen molar-refractivity contribution >= 4 is 11.4 Å². The molecule has 0 amide bonds. The molecule has 1 aromatic rings. The fourth-order valence-corrected chi connectivity index (χ4v) is 1.94. The van der Waals surface area contributed by atoms with Gasteiger partial charge in [0.1, 0.15) is 5.82 Å². The number of halogens is 1. The summed E-state index contributed by atoms with van der Waals surface area (Å²) in [7, 11) is 0. The van der Waals surface area contributed by atoms with Gasteiger partial charge in [-0.25, -0.2) is 4.39 Å². The van der Waals surface area contributed by atoms with E-state index < -0.39 is 0 Å². The van der Waals surface area contributed by atoms with Crippen LogP contribution < -0.4 is 11.1 Å². The van der Waals surface area contributed by atoms with Crippen LogP contribution in [0, 0.1) is 5.82 Å². The van der Waals surface area contributed by atoms with Crippen molar-refractivity contribution in [2.75, 3.05) is 17.7 Å². The third-order valence-electron chi connectivity index (χ3n) is 2.91. The van der Waals surface area contributed by atoms with Crippen molar-refractivity contribution in [1.29, 1.82) is 0 Å². The highest BCUT2D eigenvalue weighted by Crippen LogP contribution is 2.29. The van der Waals surface area contributed by atoms with E-state index in [0.29, 0.717) is 17.8 Å². The molecular weight excluding hydrogens is 207 g/mol. The molecule has 2 rings (SSSR count). The van der Waals surface area contributed by atoms with Crippen LogP contribution in [0.15, 0.2) is 18.2 Å². The Labute approximate surface area is 94.8 Å². The first-order chi connectivity index (χ1) is 7.70. The van der Waals surface area contributed by atoms with Crippen LogP contribution in [-0.4, -0.2) is 18.8 Å². The number of nitrogen functional groups attached to an aromatic ring is 1. The van der Waals surface area contributed by atoms with Crippen LogP contribution in [0.1, 0.15) is 19.8 Å². The average molecular weight is 224 g/mol. The Balaban J connectivity index is 1.89. The van der Waals surface area contributed by atoms with Crippen LogP contribution >= 0.6 is 0 Å². The summed E-state index contributed by atoms with van der Waals surface area (Å²) in [5.74, 6) is -0.370. The molecule has 0 unspecified atom stereocenters. The third-order valence-corrected chi connectivity index (χ3v) is 2.91. The van der Waals surface area contributed by atoms with Crippen molar-refractivity contribution in [3.63, 3.8) is 0 Å². The monoisotopic (exact) mass is 224 g/mol. The van der Waals surface area contributed by atoms with Crippen LogP contribution in [0.4, 0.5) is 15.8 Å². The molecule has 1 aliphatic carbocycles. The molecule has 1 saturated carbocycles. The van der Waals surface area contributed by atoms with E-state index >= 15 is 0 Å². The molecule has 0 saturated heterocycles. The van der Waals surface area contributed by atoms with Gasteiger partial charge in [0.05, 0.1) is 17.5 Å². The van der Waals surface area contributed by atoms with Gasteiger partial charge in [0.15, 0.2) is 0 Å². The van der Waals surface area contributed by atoms with Gasteiger partial charge in [0.25, 0.3) is 0 Å². The van der Waals surface area contributed by atoms with Gasteiger partial charge in [0.2, 0.25) is 0 Å². The fourth-order valence-electron chi connectivity index (χ4n) is 1.94. The van der Waals surface area contributed by atoms with E-state index in [9.17, 15) is 4.39 Å². The van der Waals surface area contributed by atoms with E-state index in [4.69, 9.17) is 10.5 Å². The third kappa shape index (κ3) is 2.27. The Kier molecular flexibility index (Phi) is 3.29. The van der Waals surface area contributed by atoms with Crippen molar-refractivity contribution in [3.05, 3.63) is 24.0 Å². The van der Waals surface area contributed by atoms with Crippen LogP contribution in [0.2, 0.25) is 0 Å². The first-order valence-corrected chi connectivity index (χ1v) is 5.62. The molecule has 0 spiro atoms. The highest BCUT2D eigenvalue weighted by molar-refractivity contribution is 5.67. The van der Waals surface area contributed by atoms with Crippen molar-refractivity contribution in [2.24, 2.45) is 0 Å². The molecule has 0 aromatic heterocycles. The predicted molar refractivity (Wildman–Crippen MR) is 62.9 cm³/mol. The zero-order valence-electron chi connectivity index (χ0n) is 9.37. The van der Waals surface area contributed by atoms with Crippen molar-refractivity contribution in [3.8, 4) is 0 Å². The van der Waals surface area contributed by atoms with Gasteiger partial charge in [0, 0.05) is 12.6 Å². The van der Waals surface area contributed by atoms with E-state index in [2.05, 4.69) is 5.32 Å². The molecule has 0 aliphatic heterocycles. The van der Waals surface area contributed by atoms with E-state index in [1.54, 1.807) is 12.1 Å². The molecule has 3 nitrogen and oxygen atoms in total. The summed E-state index contributed by atoms with van der Waals surface area (Å²) in [6.07, 6.45) is 2.27. The summed E-state index contributed by atoms with van der Waals surface area (Å²) in [5, 5.41) is 3.23. The topological polar surface area (TPSA) is 47.3 Å². The quantitative estimate of drug-likeness (QED) is 0.772. The lowest BCUT2D eigenvalue weighted by Gasteiger charge is -2.36. The summed E-state index contributed by atoms with van der Waals surface area (Å²) in [6, 6.07) is 5.17. The maximum atomic E-state index is 13.2. The normalized spacial score (nSPS) is 23.9. The molecular formula is C12H17FN2O. The Morgan fingerprint density at radius 2 is 2.25 bits per heavy atom. The number of para-hydroxylation sites is 1. The first kappa shape index (κ1) is 11.2. The molecule has 0 bridgehead atoms. The Morgan fingerprint density at radius 3 is 2.94 bits per heavy atom. The summed E-state index contributed by atoms with van der Waals surface area (Å²) in [4.78, 5) is 0. The molecule has 1 aromatic carbocycles. The molecule has 16 heavy (non-hydrogen) atoms. The largest absolute Gasteiger partial charge is 0.395 e. The summed E-state index contributed by atoms with van der Waals surface area (Å²) >= 11 is 0. The minimum atomic E-state index is -0.370. The number of rotatable bonds is 4. The predicted octanol–water partition coefficient (Wildman–Crippen LogP) is 2.39. The molecule has 88 valence electrons. The molecule has 1 aliphatic rings. The Morgan fingerprint density at radius 1 is 1.50 bits per heavy atom. The lowest BCUT2D eigenvalue weighted by atomic mass is 9.89. The van der Waals surface area contributed by atoms with Crippen LogP contribution in [0.3, 0.4) is 0 Å². The lowest BCUT2D eigenvalue weighted by molar-refractivity contribution is 0.00300. The second-order valence-electron chi connectivity index (χ2n) is 4.09. The van der Waals surface area contributed by atoms with Gasteiger partial charge in [-0.15, -0.1) is 0 Å². The Hall–Kier alpha value is -1.29. The molecule has 4 heteroatoms. The first-order valence-electron chi connectivity index (χ1n) is 5.62. The SMILES string of the molecule is CCOC1CC(Nc2cccc(F)c2N)C1. The fraction of sp³-hybridized carbons (Fsp3) is 0.500. The van der Waals surface area contributed by atoms with Gasteiger partial charge >= 0.3 is 0 Å². The zero-order valence-corrected chi connectivity index (χ0v) is 9.37. The average Bonchev–Trinajstić information content (AvgIpc) is 2.21. The summed E-state index contributed by atoms with van der Waals surface area (Å²) in [6.45, 7) is 2.74. The summed E-state index contributed by atoms with van der Waals surface area (Å²) in [5.41, 5.74) is 6.51. The van der Waals surface area contributed by atoms with Crippen LogP contribution in [0.25, 0.3) is 0 Å². The van der Waals surface area contributed by atoms with Crippen LogP contribution in [-0.2, 0) is 4.74 Å². The number of ether oxygens (including phenoxy) is 1. The van der Waals surface area contributed by atoms with E-state index in [1.807, 2.05) is 6.92 Å². The number of benzene rings is 1. The van der Waals surface area contributed by atoms with Crippen molar-refractivity contribution in [2.45, 2.75) is 31.9 Å². The maximum Gasteiger partial charge on any atom is 0.148 e. The molecule has 0 atom stereocenters. The summed E-state index contributed by atoms with van der Waals surface area (Å²) < 4.78 is 18.6. The Bertz CT molecular complexity index is 364. The number of hydrogen-bond acceptors (Lipinski definition) is 3. The minimum Gasteiger partial charge on any atom is -0.395 e. The van der Waals surface area contributed by atoms with E-state index in [0.717, 1.165) is 19.4 Å². The standard InChI is InChI=1S/C12H17FN2O/c1-2-16-9-6-8(7-9)15-11-5-3-4-10(13)12(11)14/h3-5,8-9,15H,2,6-7,14H2,1H3. The number of nitrogens with two attached hydrogens (primary N) is 1. The smallest absolute Gasteiger partial charge is 0.148 e.